The number of para-hydroxylation sites is 1. The van der Waals surface area contributed by atoms with Crippen molar-refractivity contribution in [3.63, 3.8) is 0 Å². The summed E-state index contributed by atoms with van der Waals surface area (Å²) in [5.74, 6) is 0. The minimum absolute atomic E-state index is 0.532. The van der Waals surface area contributed by atoms with Gasteiger partial charge >= 0.3 is 0 Å². The SMILES string of the molecule is c1ccc(C2(c3ccccc3)c3ccccc3-c3c(N(c4ccc(-c5cccc6oc7ccccc7c56)cc4)c4cccc(-c5cccc(-c6cccc7ccccc67)c5)c4)cccc32)cc1. The highest BCUT2D eigenvalue weighted by Crippen LogP contribution is 2.59. The van der Waals surface area contributed by atoms with Gasteiger partial charge in [-0.1, -0.05) is 212 Å². The second kappa shape index (κ2) is 15.8. The maximum atomic E-state index is 6.33. The smallest absolute Gasteiger partial charge is 0.136 e. The zero-order chi connectivity index (χ0) is 44.3. The Hall–Kier alpha value is -8.72. The van der Waals surface area contributed by atoms with Crippen LogP contribution in [0.3, 0.4) is 0 Å². The number of fused-ring (bicyclic) bond motifs is 7. The van der Waals surface area contributed by atoms with Crippen molar-refractivity contribution in [1.82, 2.24) is 0 Å². The van der Waals surface area contributed by atoms with Gasteiger partial charge in [-0.2, -0.15) is 0 Å². The van der Waals surface area contributed by atoms with E-state index in [9.17, 15) is 0 Å². The molecule has 0 atom stereocenters. The molecular weight excluding hydrogens is 811 g/mol. The van der Waals surface area contributed by atoms with E-state index in [0.717, 1.165) is 55.7 Å². The van der Waals surface area contributed by atoms with Crippen molar-refractivity contribution in [1.29, 1.82) is 0 Å². The first kappa shape index (κ1) is 38.7. The molecule has 0 fully saturated rings. The topological polar surface area (TPSA) is 16.4 Å². The lowest BCUT2D eigenvalue weighted by atomic mass is 9.68. The summed E-state index contributed by atoms with van der Waals surface area (Å²) in [5, 5.41) is 4.75. The standard InChI is InChI=1S/C65H43NO/c1-3-23-49(24-4-1)65(50-25-5-2-6-26-50)58-33-11-9-29-56(58)64-59(65)34-17-35-60(64)66(51-40-38-45(39-41-51)55-32-16-37-62-63(55)57-30-10-12-36-61(57)67-62)52-27-14-21-47(43-52)46-20-13-22-48(42-46)54-31-15-19-44-18-7-8-28-53(44)54/h1-43H. The second-order valence-electron chi connectivity index (χ2n) is 17.5. The highest BCUT2D eigenvalue weighted by atomic mass is 16.3. The fourth-order valence-electron chi connectivity index (χ4n) is 11.1. The van der Waals surface area contributed by atoms with Crippen molar-refractivity contribution >= 4 is 49.8 Å². The fourth-order valence-corrected chi connectivity index (χ4v) is 11.1. The van der Waals surface area contributed by atoms with E-state index >= 15 is 0 Å². The molecule has 314 valence electrons. The Balaban J connectivity index is 1.02. The van der Waals surface area contributed by atoms with Crippen molar-refractivity contribution < 1.29 is 4.42 Å². The molecule has 1 aromatic heterocycles. The lowest BCUT2D eigenvalue weighted by Crippen LogP contribution is -2.28. The fraction of sp³-hybridized carbons (Fsp3) is 0.0154. The van der Waals surface area contributed by atoms with Gasteiger partial charge in [0.15, 0.2) is 0 Å². The lowest BCUT2D eigenvalue weighted by Gasteiger charge is -2.34. The molecule has 67 heavy (non-hydrogen) atoms. The van der Waals surface area contributed by atoms with Crippen molar-refractivity contribution in [2.24, 2.45) is 0 Å². The van der Waals surface area contributed by atoms with E-state index in [0.29, 0.717) is 0 Å². The van der Waals surface area contributed by atoms with Crippen molar-refractivity contribution in [3.05, 3.63) is 283 Å². The molecule has 1 aliphatic rings. The average molecular weight is 854 g/mol. The van der Waals surface area contributed by atoms with Gasteiger partial charge in [0.2, 0.25) is 0 Å². The van der Waals surface area contributed by atoms with Gasteiger partial charge < -0.3 is 9.32 Å². The van der Waals surface area contributed by atoms with Gasteiger partial charge in [0, 0.05) is 27.7 Å². The largest absolute Gasteiger partial charge is 0.456 e. The van der Waals surface area contributed by atoms with E-state index in [4.69, 9.17) is 4.42 Å². The predicted molar refractivity (Wildman–Crippen MR) is 280 cm³/mol. The molecule has 0 amide bonds. The van der Waals surface area contributed by atoms with E-state index in [2.05, 4.69) is 260 Å². The monoisotopic (exact) mass is 853 g/mol. The Morgan fingerprint density at radius 1 is 0.328 bits per heavy atom. The summed E-state index contributed by atoms with van der Waals surface area (Å²) in [6.07, 6.45) is 0. The predicted octanol–water partition coefficient (Wildman–Crippen LogP) is 17.6. The van der Waals surface area contributed by atoms with Gasteiger partial charge in [-0.15, -0.1) is 0 Å². The van der Waals surface area contributed by atoms with Gasteiger partial charge in [-0.25, -0.2) is 0 Å². The van der Waals surface area contributed by atoms with Crippen LogP contribution in [0.4, 0.5) is 17.1 Å². The summed E-state index contributed by atoms with van der Waals surface area (Å²) in [6, 6.07) is 95.1. The molecule has 13 rings (SSSR count). The van der Waals surface area contributed by atoms with E-state index in [1.54, 1.807) is 0 Å². The summed E-state index contributed by atoms with van der Waals surface area (Å²) < 4.78 is 6.33. The number of hydrogen-bond acceptors (Lipinski definition) is 2. The van der Waals surface area contributed by atoms with Crippen molar-refractivity contribution in [3.8, 4) is 44.5 Å². The van der Waals surface area contributed by atoms with Gasteiger partial charge in [-0.3, -0.25) is 0 Å². The Morgan fingerprint density at radius 2 is 0.896 bits per heavy atom. The molecule has 0 saturated carbocycles. The molecule has 11 aromatic carbocycles. The summed E-state index contributed by atoms with van der Waals surface area (Å²) in [4.78, 5) is 2.47. The van der Waals surface area contributed by atoms with Crippen LogP contribution in [0.5, 0.6) is 0 Å². The highest BCUT2D eigenvalue weighted by Gasteiger charge is 2.47. The Kier molecular flexibility index (Phi) is 9.11. The van der Waals surface area contributed by atoms with Crippen LogP contribution in [-0.4, -0.2) is 0 Å². The molecular formula is C65H43NO. The van der Waals surface area contributed by atoms with Crippen LogP contribution in [0.1, 0.15) is 22.3 Å². The van der Waals surface area contributed by atoms with Crippen molar-refractivity contribution in [2.75, 3.05) is 4.90 Å². The molecule has 0 radical (unpaired) electrons. The molecule has 0 spiro atoms. The normalized spacial score (nSPS) is 12.6. The number of nitrogens with zero attached hydrogens (tertiary/aromatic N) is 1. The molecule has 2 nitrogen and oxygen atoms in total. The van der Waals surface area contributed by atoms with Crippen LogP contribution < -0.4 is 4.90 Å². The molecule has 0 unspecified atom stereocenters. The highest BCUT2D eigenvalue weighted by molar-refractivity contribution is 6.12. The van der Waals surface area contributed by atoms with Crippen LogP contribution in [0, 0.1) is 0 Å². The Labute approximate surface area is 390 Å². The zero-order valence-corrected chi connectivity index (χ0v) is 36.7. The van der Waals surface area contributed by atoms with Crippen LogP contribution in [0.2, 0.25) is 0 Å². The Morgan fingerprint density at radius 3 is 1.72 bits per heavy atom. The van der Waals surface area contributed by atoms with E-state index in [1.807, 2.05) is 6.07 Å². The quantitative estimate of drug-likeness (QED) is 0.151. The average Bonchev–Trinajstić information content (AvgIpc) is 3.94. The van der Waals surface area contributed by atoms with Crippen LogP contribution in [0.25, 0.3) is 77.2 Å². The van der Waals surface area contributed by atoms with Crippen molar-refractivity contribution in [2.45, 2.75) is 5.41 Å². The van der Waals surface area contributed by atoms with Crippen LogP contribution >= 0.6 is 0 Å². The van der Waals surface area contributed by atoms with Crippen LogP contribution in [-0.2, 0) is 5.41 Å². The maximum Gasteiger partial charge on any atom is 0.136 e. The van der Waals surface area contributed by atoms with Gasteiger partial charge in [0.1, 0.15) is 11.2 Å². The van der Waals surface area contributed by atoms with Gasteiger partial charge in [0.05, 0.1) is 11.1 Å². The number of hydrogen-bond donors (Lipinski definition) is 0. The molecule has 1 heterocycles. The van der Waals surface area contributed by atoms with Crippen LogP contribution in [0.15, 0.2) is 265 Å². The van der Waals surface area contributed by atoms with E-state index < -0.39 is 5.41 Å². The summed E-state index contributed by atoms with van der Waals surface area (Å²) in [5.41, 5.74) is 19.1. The first-order valence-corrected chi connectivity index (χ1v) is 23.1. The first-order chi connectivity index (χ1) is 33.2. The van der Waals surface area contributed by atoms with Gasteiger partial charge in [0.25, 0.3) is 0 Å². The minimum atomic E-state index is -0.532. The van der Waals surface area contributed by atoms with Gasteiger partial charge in [-0.05, 0) is 121 Å². The third-order valence-electron chi connectivity index (χ3n) is 13.9. The molecule has 0 bridgehead atoms. The number of rotatable bonds is 8. The molecule has 2 heteroatoms. The zero-order valence-electron chi connectivity index (χ0n) is 36.7. The molecule has 12 aromatic rings. The molecule has 0 aliphatic heterocycles. The Bertz CT molecular complexity index is 3760. The van der Waals surface area contributed by atoms with E-state index in [-0.39, 0.29) is 0 Å². The molecule has 0 saturated heterocycles. The maximum absolute atomic E-state index is 6.33. The number of anilines is 3. The third-order valence-corrected chi connectivity index (χ3v) is 13.9. The molecule has 0 N–H and O–H groups in total. The minimum Gasteiger partial charge on any atom is -0.456 e. The summed E-state index contributed by atoms with van der Waals surface area (Å²) >= 11 is 0. The lowest BCUT2D eigenvalue weighted by molar-refractivity contribution is 0.669. The summed E-state index contributed by atoms with van der Waals surface area (Å²) in [7, 11) is 0. The number of furan rings is 1. The summed E-state index contributed by atoms with van der Waals surface area (Å²) in [6.45, 7) is 0. The first-order valence-electron chi connectivity index (χ1n) is 23.1. The third kappa shape index (κ3) is 6.18. The molecule has 1 aliphatic carbocycles. The second-order valence-corrected chi connectivity index (χ2v) is 17.5. The number of benzene rings is 11. The van der Waals surface area contributed by atoms with E-state index in [1.165, 1.54) is 60.8 Å².